The highest BCUT2D eigenvalue weighted by Crippen LogP contribution is 2.34. The monoisotopic (exact) mass is 442 g/mol. The summed E-state index contributed by atoms with van der Waals surface area (Å²) in [5.74, 6) is 0.481. The summed E-state index contributed by atoms with van der Waals surface area (Å²) in [4.78, 5) is 8.51. The third-order valence-corrected chi connectivity index (χ3v) is 5.98. The average molecular weight is 444 g/mol. The summed E-state index contributed by atoms with van der Waals surface area (Å²) in [6, 6.07) is 6.74. The van der Waals surface area contributed by atoms with Crippen LogP contribution in [0.3, 0.4) is 0 Å². The molecule has 1 N–H and O–H groups in total. The molecule has 2 heterocycles. The van der Waals surface area contributed by atoms with Crippen LogP contribution >= 0.6 is 27.5 Å². The zero-order valence-corrected chi connectivity index (χ0v) is 16.9. The Hall–Kier alpha value is -1.64. The summed E-state index contributed by atoms with van der Waals surface area (Å²) < 4.78 is 27.8. The summed E-state index contributed by atoms with van der Waals surface area (Å²) in [5, 5.41) is 3.71. The molecule has 132 valence electrons. The van der Waals surface area contributed by atoms with Gasteiger partial charge < -0.3 is 5.32 Å². The zero-order chi connectivity index (χ0) is 18.4. The van der Waals surface area contributed by atoms with Crippen molar-refractivity contribution in [3.63, 3.8) is 0 Å². The van der Waals surface area contributed by atoms with Crippen LogP contribution in [-0.2, 0) is 10.0 Å². The van der Waals surface area contributed by atoms with Crippen molar-refractivity contribution in [2.45, 2.75) is 31.7 Å². The first kappa shape index (κ1) is 18.2. The fourth-order valence-corrected chi connectivity index (χ4v) is 4.60. The van der Waals surface area contributed by atoms with Gasteiger partial charge in [-0.05, 0) is 60.4 Å². The van der Waals surface area contributed by atoms with E-state index in [1.165, 1.54) is 6.20 Å². The highest BCUT2D eigenvalue weighted by Gasteiger charge is 2.24. The number of aromatic nitrogens is 3. The van der Waals surface area contributed by atoms with Gasteiger partial charge in [-0.25, -0.2) is 12.4 Å². The molecule has 0 saturated heterocycles. The molecule has 6 nitrogen and oxygen atoms in total. The predicted octanol–water partition coefficient (Wildman–Crippen LogP) is 4.21. The molecule has 0 aliphatic heterocycles. The molecule has 0 amide bonds. The molecule has 1 aromatic carbocycles. The molecule has 0 spiro atoms. The van der Waals surface area contributed by atoms with Crippen LogP contribution in [0.1, 0.15) is 19.4 Å². The van der Waals surface area contributed by atoms with Crippen LogP contribution in [-0.4, -0.2) is 28.4 Å². The van der Waals surface area contributed by atoms with Gasteiger partial charge in [-0.2, -0.15) is 9.97 Å². The maximum atomic E-state index is 13.0. The van der Waals surface area contributed by atoms with Crippen LogP contribution in [0.15, 0.2) is 39.8 Å². The maximum absolute atomic E-state index is 13.0. The Morgan fingerprint density at radius 1 is 1.20 bits per heavy atom. The van der Waals surface area contributed by atoms with Crippen molar-refractivity contribution in [1.82, 2.24) is 13.9 Å². The Balaban J connectivity index is 2.27. The highest BCUT2D eigenvalue weighted by atomic mass is 79.9. The van der Waals surface area contributed by atoms with Crippen molar-refractivity contribution in [3.8, 4) is 0 Å². The van der Waals surface area contributed by atoms with Crippen molar-refractivity contribution in [2.24, 2.45) is 0 Å². The average Bonchev–Trinajstić information content (AvgIpc) is 2.84. The zero-order valence-electron chi connectivity index (χ0n) is 13.8. The molecule has 2 aromatic heterocycles. The third kappa shape index (κ3) is 3.38. The molecule has 0 radical (unpaired) electrons. The minimum absolute atomic E-state index is 0.0263. The van der Waals surface area contributed by atoms with Crippen molar-refractivity contribution < 1.29 is 8.42 Å². The van der Waals surface area contributed by atoms with E-state index in [1.54, 1.807) is 24.3 Å². The van der Waals surface area contributed by atoms with Gasteiger partial charge in [0.05, 0.1) is 10.3 Å². The second-order valence-electron chi connectivity index (χ2n) is 5.93. The lowest BCUT2D eigenvalue weighted by molar-refractivity contribution is 0.588. The summed E-state index contributed by atoms with van der Waals surface area (Å²) in [6.45, 7) is 5.81. The lowest BCUT2D eigenvalue weighted by Crippen LogP contribution is -2.14. The standard InChI is InChI=1S/C16H16BrClN4O2S/c1-9(2)19-14-13-12(17)8-22(15(13)21-16(18)20-14)25(23,24)11-6-4-10(3)5-7-11/h4-9H,1-3H3,(H,19,20,21). The largest absolute Gasteiger partial charge is 0.367 e. The van der Waals surface area contributed by atoms with Gasteiger partial charge in [-0.1, -0.05) is 17.7 Å². The van der Waals surface area contributed by atoms with E-state index < -0.39 is 10.0 Å². The van der Waals surface area contributed by atoms with Gasteiger partial charge in [0.15, 0.2) is 5.65 Å². The third-order valence-electron chi connectivity index (χ3n) is 3.54. The number of hydrogen-bond acceptors (Lipinski definition) is 5. The lowest BCUT2D eigenvalue weighted by Gasteiger charge is -2.11. The second-order valence-corrected chi connectivity index (χ2v) is 8.94. The summed E-state index contributed by atoms with van der Waals surface area (Å²) >= 11 is 9.43. The van der Waals surface area contributed by atoms with Crippen LogP contribution in [0.5, 0.6) is 0 Å². The number of hydrogen-bond donors (Lipinski definition) is 1. The predicted molar refractivity (Wildman–Crippen MR) is 103 cm³/mol. The smallest absolute Gasteiger partial charge is 0.269 e. The normalized spacial score (nSPS) is 12.1. The topological polar surface area (TPSA) is 76.9 Å². The highest BCUT2D eigenvalue weighted by molar-refractivity contribution is 9.10. The Morgan fingerprint density at radius 3 is 2.44 bits per heavy atom. The molecule has 0 bridgehead atoms. The van der Waals surface area contributed by atoms with Crippen LogP contribution in [0.2, 0.25) is 5.28 Å². The minimum Gasteiger partial charge on any atom is -0.367 e. The van der Waals surface area contributed by atoms with Gasteiger partial charge in [0.2, 0.25) is 5.28 Å². The lowest BCUT2D eigenvalue weighted by atomic mass is 10.2. The maximum Gasteiger partial charge on any atom is 0.269 e. The van der Waals surface area contributed by atoms with E-state index in [9.17, 15) is 8.42 Å². The van der Waals surface area contributed by atoms with Gasteiger partial charge in [-0.15, -0.1) is 0 Å². The van der Waals surface area contributed by atoms with E-state index in [2.05, 4.69) is 31.2 Å². The molecule has 0 saturated carbocycles. The number of rotatable bonds is 4. The van der Waals surface area contributed by atoms with Gasteiger partial charge in [-0.3, -0.25) is 0 Å². The Morgan fingerprint density at radius 2 is 1.84 bits per heavy atom. The summed E-state index contributed by atoms with van der Waals surface area (Å²) in [7, 11) is -3.81. The molecule has 0 atom stereocenters. The van der Waals surface area contributed by atoms with E-state index >= 15 is 0 Å². The van der Waals surface area contributed by atoms with E-state index in [4.69, 9.17) is 11.6 Å². The second kappa shape index (κ2) is 6.59. The molecule has 9 heteroatoms. The molecular weight excluding hydrogens is 428 g/mol. The van der Waals surface area contributed by atoms with E-state index in [0.717, 1.165) is 9.54 Å². The van der Waals surface area contributed by atoms with Gasteiger partial charge >= 0.3 is 0 Å². The van der Waals surface area contributed by atoms with Gasteiger partial charge in [0, 0.05) is 16.7 Å². The molecular formula is C16H16BrClN4O2S. The Bertz CT molecular complexity index is 1050. The Labute approximate surface area is 159 Å². The van der Waals surface area contributed by atoms with Crippen LogP contribution < -0.4 is 5.32 Å². The number of benzene rings is 1. The van der Waals surface area contributed by atoms with E-state index in [0.29, 0.717) is 15.7 Å². The number of fused-ring (bicyclic) bond motifs is 1. The van der Waals surface area contributed by atoms with E-state index in [-0.39, 0.29) is 21.9 Å². The number of nitrogens with one attached hydrogen (secondary N) is 1. The van der Waals surface area contributed by atoms with Gasteiger partial charge in [0.1, 0.15) is 5.82 Å². The number of aryl methyl sites for hydroxylation is 1. The molecule has 0 fully saturated rings. The van der Waals surface area contributed by atoms with E-state index in [1.807, 2.05) is 20.8 Å². The first-order chi connectivity index (χ1) is 11.7. The molecule has 0 aliphatic rings. The quantitative estimate of drug-likeness (QED) is 0.611. The van der Waals surface area contributed by atoms with Crippen LogP contribution in [0, 0.1) is 6.92 Å². The first-order valence-corrected chi connectivity index (χ1v) is 10.1. The molecule has 3 aromatic rings. The molecule has 0 aliphatic carbocycles. The number of halogens is 2. The molecule has 25 heavy (non-hydrogen) atoms. The van der Waals surface area contributed by atoms with Crippen molar-refractivity contribution >= 4 is 54.4 Å². The minimum atomic E-state index is -3.81. The fraction of sp³-hybridized carbons (Fsp3) is 0.250. The van der Waals surface area contributed by atoms with Crippen LogP contribution in [0.25, 0.3) is 11.0 Å². The number of nitrogens with zero attached hydrogens (tertiary/aromatic N) is 3. The molecule has 3 rings (SSSR count). The van der Waals surface area contributed by atoms with Crippen LogP contribution in [0.4, 0.5) is 5.82 Å². The van der Waals surface area contributed by atoms with Crippen molar-refractivity contribution in [1.29, 1.82) is 0 Å². The van der Waals surface area contributed by atoms with Gasteiger partial charge in [0.25, 0.3) is 10.0 Å². The summed E-state index contributed by atoms with van der Waals surface area (Å²) in [6.07, 6.45) is 1.47. The Kier molecular flexibility index (Phi) is 4.78. The SMILES string of the molecule is Cc1ccc(S(=O)(=O)n2cc(Br)c3c(NC(C)C)nc(Cl)nc32)cc1. The first-order valence-electron chi connectivity index (χ1n) is 7.53. The summed E-state index contributed by atoms with van der Waals surface area (Å²) in [5.41, 5.74) is 1.20. The van der Waals surface area contributed by atoms with Crippen molar-refractivity contribution in [2.75, 3.05) is 5.32 Å². The number of anilines is 1. The fourth-order valence-electron chi connectivity index (χ4n) is 2.42. The molecule has 0 unspecified atom stereocenters. The van der Waals surface area contributed by atoms with Crippen molar-refractivity contribution in [3.05, 3.63) is 45.8 Å².